The largest absolute Gasteiger partial charge is 0.481 e. The van der Waals surface area contributed by atoms with Gasteiger partial charge in [0.25, 0.3) is 0 Å². The average molecular weight is 296 g/mol. The quantitative estimate of drug-likeness (QED) is 0.676. The lowest BCUT2D eigenvalue weighted by Crippen LogP contribution is -2.52. The minimum Gasteiger partial charge on any atom is -0.481 e. The number of carbonyl (C=O) groups excluding carboxylic acids is 2. The monoisotopic (exact) mass is 296 g/mol. The molecule has 0 fully saturated rings. The Bertz CT molecular complexity index is 451. The van der Waals surface area contributed by atoms with Crippen molar-refractivity contribution in [3.05, 3.63) is 12.2 Å². The molecule has 0 spiro atoms. The van der Waals surface area contributed by atoms with Gasteiger partial charge in [-0.05, 0) is 40.5 Å². The maximum atomic E-state index is 12.2. The van der Waals surface area contributed by atoms with Crippen molar-refractivity contribution in [2.24, 2.45) is 11.8 Å². The van der Waals surface area contributed by atoms with E-state index in [-0.39, 0.29) is 17.4 Å². The van der Waals surface area contributed by atoms with E-state index in [4.69, 9.17) is 5.11 Å². The molecular weight excluding hydrogens is 272 g/mol. The predicted molar refractivity (Wildman–Crippen MR) is 78.5 cm³/mol. The van der Waals surface area contributed by atoms with E-state index in [1.165, 1.54) is 0 Å². The van der Waals surface area contributed by atoms with Crippen LogP contribution in [0, 0.1) is 11.8 Å². The standard InChI is InChI=1S/C15H24N2O4/c1-9(12(18)17-15(2,3)4)16-13(19)10-7-5-6-8-11(10)14(20)21/h5-6,9-11H,7-8H2,1-4H3,(H,16,19)(H,17,18)(H,20,21). The molecule has 0 aromatic carbocycles. The second kappa shape index (κ2) is 6.74. The molecule has 6 heteroatoms. The fourth-order valence-corrected chi connectivity index (χ4v) is 2.24. The van der Waals surface area contributed by atoms with Crippen molar-refractivity contribution < 1.29 is 19.5 Å². The van der Waals surface area contributed by atoms with E-state index in [0.717, 1.165) is 0 Å². The Morgan fingerprint density at radius 2 is 1.67 bits per heavy atom. The molecule has 1 aliphatic carbocycles. The number of amides is 2. The Morgan fingerprint density at radius 1 is 1.14 bits per heavy atom. The zero-order chi connectivity index (χ0) is 16.2. The smallest absolute Gasteiger partial charge is 0.307 e. The van der Waals surface area contributed by atoms with Crippen LogP contribution in [-0.2, 0) is 14.4 Å². The van der Waals surface area contributed by atoms with Crippen LogP contribution in [0.3, 0.4) is 0 Å². The molecular formula is C15H24N2O4. The normalized spacial score (nSPS) is 23.2. The topological polar surface area (TPSA) is 95.5 Å². The summed E-state index contributed by atoms with van der Waals surface area (Å²) in [7, 11) is 0. The SMILES string of the molecule is CC(NC(=O)C1CC=CCC1C(=O)O)C(=O)NC(C)(C)C. The minimum atomic E-state index is -0.980. The van der Waals surface area contributed by atoms with Gasteiger partial charge in [-0.3, -0.25) is 14.4 Å². The van der Waals surface area contributed by atoms with Gasteiger partial charge in [0.15, 0.2) is 0 Å². The number of rotatable bonds is 4. The van der Waals surface area contributed by atoms with Crippen molar-refractivity contribution in [2.75, 3.05) is 0 Å². The molecule has 3 N–H and O–H groups in total. The molecule has 0 aromatic rings. The van der Waals surface area contributed by atoms with Gasteiger partial charge in [-0.15, -0.1) is 0 Å². The van der Waals surface area contributed by atoms with Gasteiger partial charge in [-0.1, -0.05) is 12.2 Å². The highest BCUT2D eigenvalue weighted by molar-refractivity contribution is 5.90. The Labute approximate surface area is 125 Å². The lowest BCUT2D eigenvalue weighted by Gasteiger charge is -2.27. The van der Waals surface area contributed by atoms with Crippen LogP contribution in [-0.4, -0.2) is 34.5 Å². The van der Waals surface area contributed by atoms with Crippen LogP contribution < -0.4 is 10.6 Å². The lowest BCUT2D eigenvalue weighted by atomic mass is 9.82. The molecule has 6 nitrogen and oxygen atoms in total. The number of carboxylic acid groups (broad SMARTS) is 1. The van der Waals surface area contributed by atoms with Gasteiger partial charge >= 0.3 is 5.97 Å². The summed E-state index contributed by atoms with van der Waals surface area (Å²) in [5, 5.41) is 14.5. The molecule has 0 heterocycles. The van der Waals surface area contributed by atoms with Gasteiger partial charge in [-0.2, -0.15) is 0 Å². The summed E-state index contributed by atoms with van der Waals surface area (Å²) in [4.78, 5) is 35.3. The number of carbonyl (C=O) groups is 3. The third-order valence-electron chi connectivity index (χ3n) is 3.34. The molecule has 0 bridgehead atoms. The highest BCUT2D eigenvalue weighted by Gasteiger charge is 2.35. The van der Waals surface area contributed by atoms with Crippen LogP contribution in [0.1, 0.15) is 40.5 Å². The number of aliphatic carboxylic acids is 1. The van der Waals surface area contributed by atoms with Gasteiger partial charge < -0.3 is 15.7 Å². The Morgan fingerprint density at radius 3 is 2.14 bits per heavy atom. The molecule has 0 radical (unpaired) electrons. The van der Waals surface area contributed by atoms with Crippen LogP contribution in [0.4, 0.5) is 0 Å². The number of nitrogens with one attached hydrogen (secondary N) is 2. The first kappa shape index (κ1) is 17.2. The van der Waals surface area contributed by atoms with E-state index in [2.05, 4.69) is 10.6 Å². The summed E-state index contributed by atoms with van der Waals surface area (Å²) in [6, 6.07) is -0.697. The molecule has 3 atom stereocenters. The fourth-order valence-electron chi connectivity index (χ4n) is 2.24. The van der Waals surface area contributed by atoms with E-state index >= 15 is 0 Å². The molecule has 0 saturated heterocycles. The molecule has 2 amide bonds. The maximum Gasteiger partial charge on any atom is 0.307 e. The Kier molecular flexibility index (Phi) is 5.52. The van der Waals surface area contributed by atoms with Gasteiger partial charge in [-0.25, -0.2) is 0 Å². The summed E-state index contributed by atoms with van der Waals surface area (Å²) in [5.41, 5.74) is -0.382. The average Bonchev–Trinajstić information content (AvgIpc) is 2.36. The summed E-state index contributed by atoms with van der Waals surface area (Å²) < 4.78 is 0. The summed E-state index contributed by atoms with van der Waals surface area (Å²) in [5.74, 6) is -3.01. The van der Waals surface area contributed by atoms with Crippen LogP contribution >= 0.6 is 0 Å². The Hall–Kier alpha value is -1.85. The molecule has 0 aromatic heterocycles. The van der Waals surface area contributed by atoms with Gasteiger partial charge in [0.2, 0.25) is 11.8 Å². The third kappa shape index (κ3) is 5.21. The zero-order valence-corrected chi connectivity index (χ0v) is 13.0. The van der Waals surface area contributed by atoms with Gasteiger partial charge in [0.05, 0.1) is 11.8 Å². The van der Waals surface area contributed by atoms with E-state index in [1.54, 1.807) is 13.0 Å². The highest BCUT2D eigenvalue weighted by atomic mass is 16.4. The Balaban J connectivity index is 2.65. The van der Waals surface area contributed by atoms with E-state index < -0.39 is 23.8 Å². The first-order valence-corrected chi connectivity index (χ1v) is 7.12. The molecule has 0 aliphatic heterocycles. The highest BCUT2D eigenvalue weighted by Crippen LogP contribution is 2.26. The van der Waals surface area contributed by atoms with Gasteiger partial charge in [0, 0.05) is 5.54 Å². The zero-order valence-electron chi connectivity index (χ0n) is 13.0. The van der Waals surface area contributed by atoms with Crippen molar-refractivity contribution in [3.63, 3.8) is 0 Å². The summed E-state index contributed by atoms with van der Waals surface area (Å²) in [6.07, 6.45) is 4.31. The summed E-state index contributed by atoms with van der Waals surface area (Å²) >= 11 is 0. The second-order valence-corrected chi connectivity index (χ2v) is 6.46. The first-order valence-electron chi connectivity index (χ1n) is 7.12. The van der Waals surface area contributed by atoms with E-state index in [1.807, 2.05) is 26.8 Å². The first-order chi connectivity index (χ1) is 9.61. The minimum absolute atomic E-state index is 0.283. The predicted octanol–water partition coefficient (Wildman–Crippen LogP) is 1.07. The molecule has 1 rings (SSSR count). The number of carboxylic acids is 1. The number of hydrogen-bond acceptors (Lipinski definition) is 3. The number of allylic oxidation sites excluding steroid dienone is 2. The molecule has 118 valence electrons. The second-order valence-electron chi connectivity index (χ2n) is 6.46. The van der Waals surface area contributed by atoms with E-state index in [9.17, 15) is 14.4 Å². The molecule has 21 heavy (non-hydrogen) atoms. The van der Waals surface area contributed by atoms with Crippen LogP contribution in [0.5, 0.6) is 0 Å². The van der Waals surface area contributed by atoms with Crippen molar-refractivity contribution in [2.45, 2.75) is 52.1 Å². The van der Waals surface area contributed by atoms with Crippen LogP contribution in [0.15, 0.2) is 12.2 Å². The fraction of sp³-hybridized carbons (Fsp3) is 0.667. The number of hydrogen-bond donors (Lipinski definition) is 3. The third-order valence-corrected chi connectivity index (χ3v) is 3.34. The molecule has 1 aliphatic rings. The van der Waals surface area contributed by atoms with Crippen LogP contribution in [0.25, 0.3) is 0 Å². The van der Waals surface area contributed by atoms with Gasteiger partial charge in [0.1, 0.15) is 6.04 Å². The lowest BCUT2D eigenvalue weighted by molar-refractivity contribution is -0.147. The van der Waals surface area contributed by atoms with E-state index in [0.29, 0.717) is 12.8 Å². The van der Waals surface area contributed by atoms with Crippen molar-refractivity contribution in [1.82, 2.24) is 10.6 Å². The molecule has 3 unspecified atom stereocenters. The van der Waals surface area contributed by atoms with Crippen molar-refractivity contribution in [1.29, 1.82) is 0 Å². The maximum absolute atomic E-state index is 12.2. The van der Waals surface area contributed by atoms with Crippen LogP contribution in [0.2, 0.25) is 0 Å². The molecule has 0 saturated carbocycles. The van der Waals surface area contributed by atoms with Crippen molar-refractivity contribution in [3.8, 4) is 0 Å². The summed E-state index contributed by atoms with van der Waals surface area (Å²) in [6.45, 7) is 7.15. The van der Waals surface area contributed by atoms with Crippen molar-refractivity contribution >= 4 is 17.8 Å².